The molecule has 1 saturated heterocycles. The third-order valence-corrected chi connectivity index (χ3v) is 2.88. The second kappa shape index (κ2) is 2.78. The molecule has 4 amide bonds. The number of urea groups is 1. The highest BCUT2D eigenvalue weighted by molar-refractivity contribution is 6.19. The summed E-state index contributed by atoms with van der Waals surface area (Å²) < 4.78 is 0. The molecular weight excluding hydrogens is 186 g/mol. The Hall–Kier alpha value is -1.43. The number of amides is 4. The Morgan fingerprint density at radius 2 is 1.79 bits per heavy atom. The van der Waals surface area contributed by atoms with Crippen molar-refractivity contribution in [1.82, 2.24) is 10.6 Å². The average Bonchev–Trinajstić information content (AvgIpc) is 2.46. The Kier molecular flexibility index (Phi) is 1.81. The van der Waals surface area contributed by atoms with Gasteiger partial charge < -0.3 is 5.73 Å². The van der Waals surface area contributed by atoms with Crippen molar-refractivity contribution in [3.05, 3.63) is 0 Å². The van der Waals surface area contributed by atoms with Crippen LogP contribution in [-0.4, -0.2) is 23.9 Å². The molecule has 0 aromatic heterocycles. The van der Waals surface area contributed by atoms with Gasteiger partial charge in [-0.05, 0) is 19.3 Å². The smallest absolute Gasteiger partial charge is 0.328 e. The van der Waals surface area contributed by atoms with Crippen LogP contribution >= 0.6 is 0 Å². The fourth-order valence-electron chi connectivity index (χ4n) is 2.08. The van der Waals surface area contributed by atoms with E-state index in [1.54, 1.807) is 0 Å². The summed E-state index contributed by atoms with van der Waals surface area (Å²) in [5.74, 6) is -1.03. The number of carbonyl (C=O) groups excluding carboxylic acids is 3. The van der Waals surface area contributed by atoms with Crippen molar-refractivity contribution in [2.75, 3.05) is 0 Å². The standard InChI is InChI=1S/C8H11N3O3/c9-4-1-2-8(3-4)5(12)10-7(14)11-6(8)13/h4H,1-3,9H2,(H2,10,11,12,13,14)/t4-/m0/s1. The number of hydrogen-bond donors (Lipinski definition) is 3. The molecule has 1 aliphatic carbocycles. The van der Waals surface area contributed by atoms with E-state index in [1.165, 1.54) is 0 Å². The number of imide groups is 2. The third kappa shape index (κ3) is 1.11. The fourth-order valence-corrected chi connectivity index (χ4v) is 2.08. The molecule has 0 radical (unpaired) electrons. The average molecular weight is 197 g/mol. The van der Waals surface area contributed by atoms with Crippen molar-refractivity contribution in [1.29, 1.82) is 0 Å². The van der Waals surface area contributed by atoms with Crippen LogP contribution in [0.25, 0.3) is 0 Å². The van der Waals surface area contributed by atoms with Gasteiger partial charge in [0.2, 0.25) is 11.8 Å². The molecule has 76 valence electrons. The van der Waals surface area contributed by atoms with Gasteiger partial charge in [-0.25, -0.2) is 4.79 Å². The van der Waals surface area contributed by atoms with Crippen LogP contribution in [0.4, 0.5) is 4.79 Å². The molecule has 1 aliphatic heterocycles. The van der Waals surface area contributed by atoms with Crippen LogP contribution in [0, 0.1) is 5.41 Å². The summed E-state index contributed by atoms with van der Waals surface area (Å²) in [4.78, 5) is 33.9. The summed E-state index contributed by atoms with van der Waals surface area (Å²) in [6.45, 7) is 0. The van der Waals surface area contributed by atoms with Crippen molar-refractivity contribution in [3.8, 4) is 0 Å². The molecule has 1 atom stereocenters. The molecule has 0 unspecified atom stereocenters. The number of rotatable bonds is 0. The van der Waals surface area contributed by atoms with Crippen LogP contribution in [0.15, 0.2) is 0 Å². The van der Waals surface area contributed by atoms with Gasteiger partial charge in [0.25, 0.3) is 0 Å². The lowest BCUT2D eigenvalue weighted by molar-refractivity contribution is -0.144. The second-order valence-electron chi connectivity index (χ2n) is 3.82. The minimum absolute atomic E-state index is 0.139. The van der Waals surface area contributed by atoms with Gasteiger partial charge in [-0.1, -0.05) is 0 Å². The quantitative estimate of drug-likeness (QED) is 0.427. The zero-order valence-electron chi connectivity index (χ0n) is 7.50. The Labute approximate surface area is 80.2 Å². The Morgan fingerprint density at radius 1 is 1.21 bits per heavy atom. The topological polar surface area (TPSA) is 101 Å². The van der Waals surface area contributed by atoms with Crippen LogP contribution in [-0.2, 0) is 9.59 Å². The number of nitrogens with one attached hydrogen (secondary N) is 2. The molecule has 2 rings (SSSR count). The van der Waals surface area contributed by atoms with Crippen molar-refractivity contribution < 1.29 is 14.4 Å². The molecule has 6 nitrogen and oxygen atoms in total. The van der Waals surface area contributed by atoms with E-state index in [4.69, 9.17) is 5.73 Å². The first kappa shape index (κ1) is 9.14. The molecule has 1 spiro atoms. The summed E-state index contributed by atoms with van der Waals surface area (Å²) in [5.41, 5.74) is 4.55. The molecule has 0 aromatic rings. The minimum Gasteiger partial charge on any atom is -0.328 e. The van der Waals surface area contributed by atoms with E-state index in [9.17, 15) is 14.4 Å². The zero-order valence-corrected chi connectivity index (χ0v) is 7.50. The van der Waals surface area contributed by atoms with Crippen molar-refractivity contribution in [2.24, 2.45) is 11.1 Å². The van der Waals surface area contributed by atoms with Gasteiger partial charge in [0.05, 0.1) is 0 Å². The molecule has 6 heteroatoms. The molecular formula is C8H11N3O3. The van der Waals surface area contributed by atoms with Gasteiger partial charge in [0.15, 0.2) is 0 Å². The van der Waals surface area contributed by atoms with Crippen LogP contribution < -0.4 is 16.4 Å². The molecule has 2 fully saturated rings. The highest BCUT2D eigenvalue weighted by Gasteiger charge is 2.53. The maximum Gasteiger partial charge on any atom is 0.328 e. The van der Waals surface area contributed by atoms with Crippen LogP contribution in [0.2, 0.25) is 0 Å². The van der Waals surface area contributed by atoms with Crippen LogP contribution in [0.1, 0.15) is 19.3 Å². The van der Waals surface area contributed by atoms with E-state index in [-0.39, 0.29) is 6.04 Å². The van der Waals surface area contributed by atoms with Crippen LogP contribution in [0.3, 0.4) is 0 Å². The van der Waals surface area contributed by atoms with E-state index in [0.29, 0.717) is 19.3 Å². The van der Waals surface area contributed by atoms with Gasteiger partial charge >= 0.3 is 6.03 Å². The summed E-state index contributed by atoms with van der Waals surface area (Å²) in [7, 11) is 0. The van der Waals surface area contributed by atoms with E-state index in [0.717, 1.165) is 0 Å². The first-order valence-corrected chi connectivity index (χ1v) is 4.47. The van der Waals surface area contributed by atoms with E-state index in [1.807, 2.05) is 0 Å². The van der Waals surface area contributed by atoms with Crippen molar-refractivity contribution in [2.45, 2.75) is 25.3 Å². The molecule has 0 aromatic carbocycles. The summed E-state index contributed by atoms with van der Waals surface area (Å²) >= 11 is 0. The summed E-state index contributed by atoms with van der Waals surface area (Å²) in [5, 5.41) is 4.20. The predicted octanol–water partition coefficient (Wildman–Crippen LogP) is -1.15. The molecule has 1 heterocycles. The van der Waals surface area contributed by atoms with E-state index < -0.39 is 23.3 Å². The number of hydrogen-bond acceptors (Lipinski definition) is 4. The van der Waals surface area contributed by atoms with E-state index in [2.05, 4.69) is 10.6 Å². The van der Waals surface area contributed by atoms with E-state index >= 15 is 0 Å². The number of nitrogens with two attached hydrogens (primary N) is 1. The normalized spacial score (nSPS) is 30.4. The van der Waals surface area contributed by atoms with Gasteiger partial charge in [0.1, 0.15) is 5.41 Å². The Balaban J connectivity index is 2.29. The second-order valence-corrected chi connectivity index (χ2v) is 3.82. The predicted molar refractivity (Wildman–Crippen MR) is 45.9 cm³/mol. The van der Waals surface area contributed by atoms with Gasteiger partial charge in [-0.2, -0.15) is 0 Å². The van der Waals surface area contributed by atoms with Gasteiger partial charge in [-0.15, -0.1) is 0 Å². The van der Waals surface area contributed by atoms with Gasteiger partial charge in [0, 0.05) is 6.04 Å². The number of barbiturate groups is 1. The third-order valence-electron chi connectivity index (χ3n) is 2.88. The highest BCUT2D eigenvalue weighted by atomic mass is 16.2. The summed E-state index contributed by atoms with van der Waals surface area (Å²) in [6.07, 6.45) is 1.37. The molecule has 2 aliphatic rings. The summed E-state index contributed by atoms with van der Waals surface area (Å²) in [6, 6.07) is -0.884. The van der Waals surface area contributed by atoms with Gasteiger partial charge in [-0.3, -0.25) is 20.2 Å². The molecule has 4 N–H and O–H groups in total. The van der Waals surface area contributed by atoms with Crippen molar-refractivity contribution in [3.63, 3.8) is 0 Å². The molecule has 1 saturated carbocycles. The monoisotopic (exact) mass is 197 g/mol. The van der Waals surface area contributed by atoms with Crippen molar-refractivity contribution >= 4 is 17.8 Å². The fraction of sp³-hybridized carbons (Fsp3) is 0.625. The lowest BCUT2D eigenvalue weighted by Crippen LogP contribution is -2.61. The van der Waals surface area contributed by atoms with Crippen LogP contribution in [0.5, 0.6) is 0 Å². The molecule has 14 heavy (non-hydrogen) atoms. The molecule has 0 bridgehead atoms. The highest BCUT2D eigenvalue weighted by Crippen LogP contribution is 2.39. The lowest BCUT2D eigenvalue weighted by Gasteiger charge is -2.29. The first-order valence-electron chi connectivity index (χ1n) is 4.47. The minimum atomic E-state index is -1.10. The maximum absolute atomic E-state index is 11.5. The SMILES string of the molecule is N[C@H]1CCC2(C1)C(=O)NC(=O)NC2=O. The Bertz CT molecular complexity index is 306. The lowest BCUT2D eigenvalue weighted by atomic mass is 9.82. The maximum atomic E-state index is 11.5. The Morgan fingerprint density at radius 3 is 2.21 bits per heavy atom. The number of carbonyl (C=O) groups is 3. The largest absolute Gasteiger partial charge is 0.328 e. The zero-order chi connectivity index (χ0) is 10.3. The first-order chi connectivity index (χ1) is 6.54.